The highest BCUT2D eigenvalue weighted by molar-refractivity contribution is 5.37. The summed E-state index contributed by atoms with van der Waals surface area (Å²) >= 11 is 0. The summed E-state index contributed by atoms with van der Waals surface area (Å²) in [5, 5.41) is 6.94. The average molecular weight is 427 g/mol. The highest BCUT2D eigenvalue weighted by Gasteiger charge is 2.06. The van der Waals surface area contributed by atoms with Crippen molar-refractivity contribution in [2.24, 2.45) is 11.5 Å². The molecule has 0 aliphatic heterocycles. The summed E-state index contributed by atoms with van der Waals surface area (Å²) in [4.78, 5) is 0. The van der Waals surface area contributed by atoms with Crippen LogP contribution in [0.4, 0.5) is 0 Å². The standard InChI is InChI=1S/C26H42N4O/c27-15-8-17-29-21-24-13-14-26(25(20-24)22-30-18-9-16-28)31-19-7-2-1-4-10-23-11-5-3-6-12-23/h3,5-6,11-14,20,29-30H,1-2,4,7-10,15-19,21-22,27-28H2. The van der Waals surface area contributed by atoms with Crippen molar-refractivity contribution in [1.29, 1.82) is 0 Å². The lowest BCUT2D eigenvalue weighted by Gasteiger charge is -2.14. The third-order valence-electron chi connectivity index (χ3n) is 5.35. The Bertz CT molecular complexity index is 693. The first-order valence-corrected chi connectivity index (χ1v) is 11.9. The molecule has 0 saturated heterocycles. The Labute approximate surface area is 188 Å². The molecule has 31 heavy (non-hydrogen) atoms. The number of hydrogen-bond acceptors (Lipinski definition) is 5. The van der Waals surface area contributed by atoms with Gasteiger partial charge in [-0.1, -0.05) is 49.2 Å². The van der Waals surface area contributed by atoms with E-state index in [1.807, 2.05) is 0 Å². The van der Waals surface area contributed by atoms with E-state index in [1.165, 1.54) is 42.4 Å². The number of hydrogen-bond donors (Lipinski definition) is 4. The van der Waals surface area contributed by atoms with Crippen LogP contribution < -0.4 is 26.8 Å². The molecule has 0 amide bonds. The molecule has 0 fully saturated rings. The van der Waals surface area contributed by atoms with Gasteiger partial charge in [-0.2, -0.15) is 0 Å². The molecule has 0 spiro atoms. The normalized spacial score (nSPS) is 11.0. The van der Waals surface area contributed by atoms with Gasteiger partial charge in [-0.3, -0.25) is 0 Å². The van der Waals surface area contributed by atoms with Crippen LogP contribution in [-0.2, 0) is 19.5 Å². The van der Waals surface area contributed by atoms with Gasteiger partial charge in [0.1, 0.15) is 5.75 Å². The molecule has 6 N–H and O–H groups in total. The molecule has 0 aliphatic carbocycles. The van der Waals surface area contributed by atoms with Crippen LogP contribution in [0.15, 0.2) is 48.5 Å². The van der Waals surface area contributed by atoms with Crippen molar-refractivity contribution < 1.29 is 4.74 Å². The first-order chi connectivity index (χ1) is 15.3. The smallest absolute Gasteiger partial charge is 0.123 e. The molecule has 0 saturated carbocycles. The monoisotopic (exact) mass is 426 g/mol. The predicted molar refractivity (Wildman–Crippen MR) is 131 cm³/mol. The molecular formula is C26H42N4O. The maximum atomic E-state index is 6.16. The zero-order chi connectivity index (χ0) is 22.0. The lowest BCUT2D eigenvalue weighted by molar-refractivity contribution is 0.301. The Hall–Kier alpha value is -1.92. The second-order valence-electron chi connectivity index (χ2n) is 8.08. The molecule has 0 unspecified atom stereocenters. The molecule has 5 heteroatoms. The first-order valence-electron chi connectivity index (χ1n) is 11.9. The van der Waals surface area contributed by atoms with Gasteiger partial charge >= 0.3 is 0 Å². The van der Waals surface area contributed by atoms with Gasteiger partial charge in [-0.25, -0.2) is 0 Å². The Balaban J connectivity index is 1.73. The molecule has 0 heterocycles. The number of benzene rings is 2. The fourth-order valence-corrected chi connectivity index (χ4v) is 3.54. The number of ether oxygens (including phenoxy) is 1. The van der Waals surface area contributed by atoms with Crippen LogP contribution in [0.1, 0.15) is 55.2 Å². The quantitative estimate of drug-likeness (QED) is 0.273. The Kier molecular flexibility index (Phi) is 13.7. The van der Waals surface area contributed by atoms with Gasteiger partial charge < -0.3 is 26.8 Å². The fraction of sp³-hybridized carbons (Fsp3) is 0.538. The summed E-state index contributed by atoms with van der Waals surface area (Å²) in [7, 11) is 0. The minimum atomic E-state index is 0.714. The van der Waals surface area contributed by atoms with E-state index in [-0.39, 0.29) is 0 Å². The molecule has 0 bridgehead atoms. The predicted octanol–water partition coefficient (Wildman–Crippen LogP) is 3.75. The molecule has 0 aromatic heterocycles. The summed E-state index contributed by atoms with van der Waals surface area (Å²) in [6.45, 7) is 5.75. The summed E-state index contributed by atoms with van der Waals surface area (Å²) in [5.74, 6) is 0.996. The van der Waals surface area contributed by atoms with Gasteiger partial charge in [0, 0.05) is 18.7 Å². The zero-order valence-electron chi connectivity index (χ0n) is 19.1. The molecule has 2 aromatic carbocycles. The van der Waals surface area contributed by atoms with Crippen LogP contribution in [0.2, 0.25) is 0 Å². The maximum absolute atomic E-state index is 6.16. The molecule has 172 valence electrons. The maximum Gasteiger partial charge on any atom is 0.123 e. The van der Waals surface area contributed by atoms with Crippen LogP contribution in [-0.4, -0.2) is 32.8 Å². The van der Waals surface area contributed by atoms with Gasteiger partial charge in [0.2, 0.25) is 0 Å². The van der Waals surface area contributed by atoms with Crippen LogP contribution in [0.3, 0.4) is 0 Å². The van der Waals surface area contributed by atoms with Gasteiger partial charge in [-0.15, -0.1) is 0 Å². The topological polar surface area (TPSA) is 85.3 Å². The van der Waals surface area contributed by atoms with Crippen molar-refractivity contribution in [3.05, 3.63) is 65.2 Å². The van der Waals surface area contributed by atoms with Crippen molar-refractivity contribution in [3.63, 3.8) is 0 Å². The molecule has 2 aromatic rings. The SMILES string of the molecule is NCCCNCc1ccc(OCCCCCCc2ccccc2)c(CNCCCN)c1. The molecular weight excluding hydrogens is 384 g/mol. The molecule has 2 rings (SSSR count). The van der Waals surface area contributed by atoms with E-state index in [1.54, 1.807) is 0 Å². The number of aryl methyl sites for hydroxylation is 1. The third-order valence-corrected chi connectivity index (χ3v) is 5.35. The van der Waals surface area contributed by atoms with Gasteiger partial charge in [0.05, 0.1) is 6.61 Å². The lowest BCUT2D eigenvalue weighted by Crippen LogP contribution is -2.20. The Morgan fingerprint density at radius 2 is 1.39 bits per heavy atom. The fourth-order valence-electron chi connectivity index (χ4n) is 3.54. The Morgan fingerprint density at radius 3 is 2.13 bits per heavy atom. The van der Waals surface area contributed by atoms with Crippen molar-refractivity contribution in [2.75, 3.05) is 32.8 Å². The second-order valence-corrected chi connectivity index (χ2v) is 8.08. The number of unbranched alkanes of at least 4 members (excludes halogenated alkanes) is 3. The average Bonchev–Trinajstić information content (AvgIpc) is 2.80. The molecule has 5 nitrogen and oxygen atoms in total. The van der Waals surface area contributed by atoms with E-state index in [0.29, 0.717) is 6.54 Å². The van der Waals surface area contributed by atoms with Gasteiger partial charge in [-0.05, 0) is 81.5 Å². The van der Waals surface area contributed by atoms with Crippen molar-refractivity contribution >= 4 is 0 Å². The van der Waals surface area contributed by atoms with Crippen LogP contribution in [0.25, 0.3) is 0 Å². The minimum absolute atomic E-state index is 0.714. The summed E-state index contributed by atoms with van der Waals surface area (Å²) in [6.07, 6.45) is 7.95. The summed E-state index contributed by atoms with van der Waals surface area (Å²) in [5.41, 5.74) is 15.1. The highest BCUT2D eigenvalue weighted by atomic mass is 16.5. The number of nitrogens with one attached hydrogen (secondary N) is 2. The summed E-state index contributed by atoms with van der Waals surface area (Å²) in [6, 6.07) is 17.3. The number of rotatable bonds is 18. The van der Waals surface area contributed by atoms with E-state index < -0.39 is 0 Å². The van der Waals surface area contributed by atoms with E-state index >= 15 is 0 Å². The van der Waals surface area contributed by atoms with E-state index in [2.05, 4.69) is 59.2 Å². The molecule has 0 radical (unpaired) electrons. The van der Waals surface area contributed by atoms with Crippen LogP contribution in [0.5, 0.6) is 5.75 Å². The van der Waals surface area contributed by atoms with Crippen LogP contribution in [0, 0.1) is 0 Å². The van der Waals surface area contributed by atoms with E-state index in [0.717, 1.165) is 64.3 Å². The van der Waals surface area contributed by atoms with Crippen LogP contribution >= 0.6 is 0 Å². The second kappa shape index (κ2) is 16.7. The van der Waals surface area contributed by atoms with Crippen molar-refractivity contribution in [2.45, 2.75) is 58.0 Å². The van der Waals surface area contributed by atoms with E-state index in [9.17, 15) is 0 Å². The van der Waals surface area contributed by atoms with Gasteiger partial charge in [0.15, 0.2) is 0 Å². The summed E-state index contributed by atoms with van der Waals surface area (Å²) < 4.78 is 6.16. The minimum Gasteiger partial charge on any atom is -0.493 e. The zero-order valence-corrected chi connectivity index (χ0v) is 19.1. The van der Waals surface area contributed by atoms with Crippen molar-refractivity contribution in [3.8, 4) is 5.75 Å². The van der Waals surface area contributed by atoms with Crippen molar-refractivity contribution in [1.82, 2.24) is 10.6 Å². The lowest BCUT2D eigenvalue weighted by atomic mass is 10.1. The first kappa shape index (κ1) is 25.3. The van der Waals surface area contributed by atoms with E-state index in [4.69, 9.17) is 16.2 Å². The number of nitrogens with two attached hydrogens (primary N) is 2. The highest BCUT2D eigenvalue weighted by Crippen LogP contribution is 2.21. The Morgan fingerprint density at radius 1 is 0.677 bits per heavy atom. The third kappa shape index (κ3) is 11.3. The van der Waals surface area contributed by atoms with Gasteiger partial charge in [0.25, 0.3) is 0 Å². The largest absolute Gasteiger partial charge is 0.493 e. The molecule has 0 atom stereocenters. The molecule has 0 aliphatic rings.